The number of nitrogens with zero attached hydrogens (tertiary/aromatic N) is 1. The largest absolute Gasteiger partial charge is 0.496 e. The molecular formula is C16H23NO3S. The minimum atomic E-state index is -2.90. The van der Waals surface area contributed by atoms with Crippen molar-refractivity contribution < 1.29 is 13.2 Å². The molecule has 0 spiro atoms. The van der Waals surface area contributed by atoms with E-state index in [2.05, 4.69) is 11.0 Å². The first-order chi connectivity index (χ1) is 10.0. The van der Waals surface area contributed by atoms with Crippen molar-refractivity contribution in [1.82, 2.24) is 4.90 Å². The number of hydrogen-bond acceptors (Lipinski definition) is 4. The molecule has 0 radical (unpaired) electrons. The summed E-state index contributed by atoms with van der Waals surface area (Å²) in [5.74, 6) is 1.11. The molecule has 1 aromatic carbocycles. The molecule has 5 heteroatoms. The average Bonchev–Trinajstić information content (AvgIpc) is 2.60. The van der Waals surface area contributed by atoms with Crippen molar-refractivity contribution in [3.8, 4) is 5.75 Å². The molecule has 0 aromatic heterocycles. The first-order valence-electron chi connectivity index (χ1n) is 7.26. The van der Waals surface area contributed by atoms with Gasteiger partial charge in [0.05, 0.1) is 18.1 Å². The van der Waals surface area contributed by atoms with Crippen LogP contribution in [0.15, 0.2) is 30.3 Å². The van der Waals surface area contributed by atoms with E-state index in [1.165, 1.54) is 0 Å². The number of sulfone groups is 1. The SMILES string of the molecule is COc1ccccc1/C=C/CN1CC[C@@H](C)S(=O)(=O)CC1. The highest BCUT2D eigenvalue weighted by atomic mass is 32.2. The Kier molecular flexibility index (Phi) is 5.42. The first kappa shape index (κ1) is 16.0. The van der Waals surface area contributed by atoms with Gasteiger partial charge < -0.3 is 4.74 Å². The number of ether oxygens (including phenoxy) is 1. The van der Waals surface area contributed by atoms with Crippen molar-refractivity contribution in [2.24, 2.45) is 0 Å². The molecule has 0 unspecified atom stereocenters. The van der Waals surface area contributed by atoms with Crippen molar-refractivity contribution in [2.45, 2.75) is 18.6 Å². The van der Waals surface area contributed by atoms with Gasteiger partial charge in [0.25, 0.3) is 0 Å². The van der Waals surface area contributed by atoms with Gasteiger partial charge in [-0.3, -0.25) is 4.90 Å². The number of hydrogen-bond donors (Lipinski definition) is 0. The molecule has 1 aromatic rings. The lowest BCUT2D eigenvalue weighted by Crippen LogP contribution is -2.27. The van der Waals surface area contributed by atoms with Crippen LogP contribution < -0.4 is 4.74 Å². The second-order valence-corrected chi connectivity index (χ2v) is 7.95. The average molecular weight is 309 g/mol. The summed E-state index contributed by atoms with van der Waals surface area (Å²) in [4.78, 5) is 2.19. The Bertz CT molecular complexity index is 595. The molecule has 0 amide bonds. The van der Waals surface area contributed by atoms with Gasteiger partial charge in [0.15, 0.2) is 9.84 Å². The van der Waals surface area contributed by atoms with E-state index in [-0.39, 0.29) is 11.0 Å². The van der Waals surface area contributed by atoms with E-state index >= 15 is 0 Å². The monoisotopic (exact) mass is 309 g/mol. The molecule has 1 heterocycles. The molecule has 116 valence electrons. The van der Waals surface area contributed by atoms with E-state index in [1.807, 2.05) is 37.3 Å². The molecule has 0 N–H and O–H groups in total. The van der Waals surface area contributed by atoms with Gasteiger partial charge in [0.1, 0.15) is 5.75 Å². The predicted molar refractivity (Wildman–Crippen MR) is 86.3 cm³/mol. The normalized spacial score (nSPS) is 23.0. The summed E-state index contributed by atoms with van der Waals surface area (Å²) >= 11 is 0. The summed E-state index contributed by atoms with van der Waals surface area (Å²) in [6, 6.07) is 7.85. The van der Waals surface area contributed by atoms with Gasteiger partial charge in [-0.2, -0.15) is 0 Å². The van der Waals surface area contributed by atoms with Crippen molar-refractivity contribution in [1.29, 1.82) is 0 Å². The Morgan fingerprint density at radius 2 is 2.10 bits per heavy atom. The molecule has 0 bridgehead atoms. The number of benzene rings is 1. The fourth-order valence-corrected chi connectivity index (χ4v) is 3.81. The third-order valence-corrected chi connectivity index (χ3v) is 6.17. The summed E-state index contributed by atoms with van der Waals surface area (Å²) in [5.41, 5.74) is 1.04. The molecular weight excluding hydrogens is 286 g/mol. The van der Waals surface area contributed by atoms with Crippen LogP contribution in [-0.4, -0.2) is 51.1 Å². The maximum absolute atomic E-state index is 11.9. The van der Waals surface area contributed by atoms with Crippen LogP contribution in [0.25, 0.3) is 6.08 Å². The van der Waals surface area contributed by atoms with E-state index in [1.54, 1.807) is 7.11 Å². The lowest BCUT2D eigenvalue weighted by atomic mass is 10.2. The van der Waals surface area contributed by atoms with Crippen molar-refractivity contribution in [2.75, 3.05) is 32.5 Å². The number of para-hydroxylation sites is 1. The molecule has 0 saturated carbocycles. The summed E-state index contributed by atoms with van der Waals surface area (Å²) in [6.45, 7) is 4.02. The van der Waals surface area contributed by atoms with Gasteiger partial charge in [-0.1, -0.05) is 30.4 Å². The Hall–Kier alpha value is -1.33. The van der Waals surface area contributed by atoms with Crippen LogP contribution in [0.2, 0.25) is 0 Å². The van der Waals surface area contributed by atoms with Gasteiger partial charge in [-0.05, 0) is 26.0 Å². The van der Waals surface area contributed by atoms with E-state index in [9.17, 15) is 8.42 Å². The zero-order valence-electron chi connectivity index (χ0n) is 12.7. The van der Waals surface area contributed by atoms with Gasteiger partial charge in [0, 0.05) is 18.7 Å². The third-order valence-electron chi connectivity index (χ3n) is 3.96. The van der Waals surface area contributed by atoms with Gasteiger partial charge >= 0.3 is 0 Å². The molecule has 1 aliphatic rings. The minimum Gasteiger partial charge on any atom is -0.496 e. The fourth-order valence-electron chi connectivity index (χ4n) is 2.43. The highest BCUT2D eigenvalue weighted by Crippen LogP contribution is 2.19. The van der Waals surface area contributed by atoms with E-state index < -0.39 is 9.84 Å². The Morgan fingerprint density at radius 3 is 2.86 bits per heavy atom. The summed E-state index contributed by atoms with van der Waals surface area (Å²) in [7, 11) is -1.24. The van der Waals surface area contributed by atoms with Crippen LogP contribution in [0.5, 0.6) is 5.75 Å². The van der Waals surface area contributed by atoms with Crippen LogP contribution in [0.3, 0.4) is 0 Å². The highest BCUT2D eigenvalue weighted by molar-refractivity contribution is 7.92. The van der Waals surface area contributed by atoms with Crippen LogP contribution in [0, 0.1) is 0 Å². The topological polar surface area (TPSA) is 46.6 Å². The first-order valence-corrected chi connectivity index (χ1v) is 8.98. The van der Waals surface area contributed by atoms with Crippen LogP contribution >= 0.6 is 0 Å². The van der Waals surface area contributed by atoms with E-state index in [0.717, 1.165) is 24.4 Å². The standard InChI is InChI=1S/C16H23NO3S/c1-14-9-11-17(12-13-21(14,18)19)10-5-7-15-6-3-4-8-16(15)20-2/h3-8,14H,9-13H2,1-2H3/b7-5+/t14-/m1/s1. The fraction of sp³-hybridized carbons (Fsp3) is 0.500. The molecule has 0 aliphatic carbocycles. The molecule has 1 fully saturated rings. The van der Waals surface area contributed by atoms with E-state index in [4.69, 9.17) is 4.74 Å². The second kappa shape index (κ2) is 7.09. The van der Waals surface area contributed by atoms with Gasteiger partial charge in [-0.25, -0.2) is 8.42 Å². The number of methoxy groups -OCH3 is 1. The Labute approximate surface area is 127 Å². The minimum absolute atomic E-state index is 0.222. The van der Waals surface area contributed by atoms with Crippen molar-refractivity contribution in [3.05, 3.63) is 35.9 Å². The summed E-state index contributed by atoms with van der Waals surface area (Å²) in [5, 5.41) is -0.222. The zero-order valence-corrected chi connectivity index (χ0v) is 13.5. The van der Waals surface area contributed by atoms with Crippen LogP contribution in [0.4, 0.5) is 0 Å². The Balaban J connectivity index is 1.95. The summed E-state index contributed by atoms with van der Waals surface area (Å²) in [6.07, 6.45) is 4.81. The smallest absolute Gasteiger partial charge is 0.154 e. The van der Waals surface area contributed by atoms with E-state index in [0.29, 0.717) is 13.0 Å². The van der Waals surface area contributed by atoms with Gasteiger partial charge in [-0.15, -0.1) is 0 Å². The molecule has 1 aliphatic heterocycles. The molecule has 4 nitrogen and oxygen atoms in total. The zero-order chi connectivity index (χ0) is 15.3. The van der Waals surface area contributed by atoms with Crippen molar-refractivity contribution >= 4 is 15.9 Å². The lowest BCUT2D eigenvalue weighted by Gasteiger charge is -2.16. The lowest BCUT2D eigenvalue weighted by molar-refractivity contribution is 0.323. The quantitative estimate of drug-likeness (QED) is 0.855. The molecule has 1 atom stereocenters. The van der Waals surface area contributed by atoms with Crippen LogP contribution in [0.1, 0.15) is 18.9 Å². The highest BCUT2D eigenvalue weighted by Gasteiger charge is 2.25. The van der Waals surface area contributed by atoms with Crippen molar-refractivity contribution in [3.63, 3.8) is 0 Å². The maximum atomic E-state index is 11.9. The van der Waals surface area contributed by atoms with Crippen LogP contribution in [-0.2, 0) is 9.84 Å². The summed E-state index contributed by atoms with van der Waals surface area (Å²) < 4.78 is 29.0. The van der Waals surface area contributed by atoms with Gasteiger partial charge in [0.2, 0.25) is 0 Å². The predicted octanol–water partition coefficient (Wildman–Crippen LogP) is 2.22. The third kappa shape index (κ3) is 4.32. The molecule has 2 rings (SSSR count). The Morgan fingerprint density at radius 1 is 1.33 bits per heavy atom. The molecule has 21 heavy (non-hydrogen) atoms. The second-order valence-electron chi connectivity index (χ2n) is 5.41. The maximum Gasteiger partial charge on any atom is 0.154 e. The number of rotatable bonds is 4. The molecule has 1 saturated heterocycles.